The van der Waals surface area contributed by atoms with Gasteiger partial charge in [0.15, 0.2) is 0 Å². The molecule has 5 heterocycles. The molecule has 6 heteroatoms. The van der Waals surface area contributed by atoms with Gasteiger partial charge in [0.25, 0.3) is 0 Å². The van der Waals surface area contributed by atoms with Gasteiger partial charge in [0.1, 0.15) is 6.07 Å². The van der Waals surface area contributed by atoms with E-state index >= 15 is 0 Å². The average molecular weight is 1290 g/mol. The van der Waals surface area contributed by atoms with Crippen LogP contribution < -0.4 is 0 Å². The SMILES string of the molecule is CC(C)(C)c1ccc2c(c1)c1cc(C(C)(C)C)ccc1n2-c1c(C#N)c(-c2ccncc2)c(-n2c3ccc(C(C)(C)C)cc3c3cc(C(C)(C)C)ccc32)c(-n2c3ccc(C(C)(C)C)cc3c3cc(C(C)(C)C)ccc32)c1-n1c2ccc(C(C)(C)C)cc2c2cc(C(C)(C)C)ccc21. The van der Waals surface area contributed by atoms with Crippen molar-refractivity contribution >= 4 is 87.2 Å². The van der Waals surface area contributed by atoms with E-state index in [1.54, 1.807) is 0 Å². The summed E-state index contributed by atoms with van der Waals surface area (Å²) in [4.78, 5) is 4.77. The smallest absolute Gasteiger partial charge is 0.102 e. The molecule has 0 fully saturated rings. The molecule has 14 rings (SSSR count). The molecule has 0 spiro atoms. The Morgan fingerprint density at radius 1 is 0.245 bits per heavy atom. The lowest BCUT2D eigenvalue weighted by molar-refractivity contribution is 0.590. The van der Waals surface area contributed by atoms with Crippen molar-refractivity contribution in [1.29, 1.82) is 5.26 Å². The number of aromatic nitrogens is 5. The molecule has 14 aromatic rings. The molecule has 0 N–H and O–H groups in total. The summed E-state index contributed by atoms with van der Waals surface area (Å²) < 4.78 is 10.3. The number of hydrogen-bond acceptors (Lipinski definition) is 2. The zero-order valence-corrected chi connectivity index (χ0v) is 62.8. The first kappa shape index (κ1) is 66.1. The summed E-state index contributed by atoms with van der Waals surface area (Å²) in [7, 11) is 0. The fourth-order valence-corrected chi connectivity index (χ4v) is 15.3. The third kappa shape index (κ3) is 10.7. The predicted octanol–water partition coefficient (Wildman–Crippen LogP) is 25.4. The quantitative estimate of drug-likeness (QED) is 0.172. The molecule has 0 radical (unpaired) electrons. The molecule has 9 aromatic carbocycles. The molecular weight excluding hydrogens is 1190 g/mol. The maximum Gasteiger partial charge on any atom is 0.102 e. The van der Waals surface area contributed by atoms with E-state index in [1.165, 1.54) is 55.3 Å². The number of nitriles is 1. The summed E-state index contributed by atoms with van der Waals surface area (Å²) in [5.74, 6) is 0. The van der Waals surface area contributed by atoms with Gasteiger partial charge in [-0.05, 0) is 203 Å². The van der Waals surface area contributed by atoms with E-state index in [9.17, 15) is 5.26 Å². The van der Waals surface area contributed by atoms with Crippen molar-refractivity contribution in [3.05, 3.63) is 220 Å². The summed E-state index contributed by atoms with van der Waals surface area (Å²) in [6.45, 7) is 55.7. The Balaban J connectivity index is 1.38. The maximum atomic E-state index is 13.4. The number of rotatable bonds is 5. The molecule has 98 heavy (non-hydrogen) atoms. The average Bonchev–Trinajstić information content (AvgIpc) is 1.46. The molecule has 0 aliphatic heterocycles. The Labute approximate surface area is 582 Å². The van der Waals surface area contributed by atoms with E-state index in [0.717, 1.165) is 110 Å². The monoisotopic (exact) mass is 1290 g/mol. The molecule has 0 aliphatic carbocycles. The minimum absolute atomic E-state index is 0.152. The van der Waals surface area contributed by atoms with E-state index in [4.69, 9.17) is 4.98 Å². The lowest BCUT2D eigenvalue weighted by Gasteiger charge is -2.30. The van der Waals surface area contributed by atoms with Crippen LogP contribution in [0.3, 0.4) is 0 Å². The summed E-state index contributed by atoms with van der Waals surface area (Å²) in [5.41, 5.74) is 23.0. The van der Waals surface area contributed by atoms with Crippen LogP contribution in [-0.2, 0) is 43.3 Å². The van der Waals surface area contributed by atoms with Crippen molar-refractivity contribution in [3.8, 4) is 39.9 Å². The van der Waals surface area contributed by atoms with E-state index < -0.39 is 0 Å². The second kappa shape index (κ2) is 21.9. The lowest BCUT2D eigenvalue weighted by atomic mass is 9.85. The zero-order valence-electron chi connectivity index (χ0n) is 62.8. The molecule has 0 aliphatic rings. The van der Waals surface area contributed by atoms with Gasteiger partial charge in [-0.3, -0.25) is 4.98 Å². The third-order valence-corrected chi connectivity index (χ3v) is 21.4. The summed E-state index contributed by atoms with van der Waals surface area (Å²) in [6.07, 6.45) is 3.81. The van der Waals surface area contributed by atoms with Crippen LogP contribution >= 0.6 is 0 Å². The summed E-state index contributed by atoms with van der Waals surface area (Å²) >= 11 is 0. The van der Waals surface area contributed by atoms with Crippen LogP contribution in [-0.4, -0.2) is 23.3 Å². The van der Waals surface area contributed by atoms with Gasteiger partial charge in [0.2, 0.25) is 0 Å². The fraction of sp³-hybridized carbons (Fsp3) is 0.348. The lowest BCUT2D eigenvalue weighted by Crippen LogP contribution is -2.17. The molecule has 0 unspecified atom stereocenters. The Morgan fingerprint density at radius 3 is 0.622 bits per heavy atom. The van der Waals surface area contributed by atoms with Crippen LogP contribution in [0.5, 0.6) is 0 Å². The highest BCUT2D eigenvalue weighted by Crippen LogP contribution is 2.54. The van der Waals surface area contributed by atoms with Gasteiger partial charge in [0, 0.05) is 61.0 Å². The van der Waals surface area contributed by atoms with Gasteiger partial charge >= 0.3 is 0 Å². The number of benzene rings is 9. The Morgan fingerprint density at radius 2 is 0.429 bits per heavy atom. The van der Waals surface area contributed by atoms with Gasteiger partial charge in [0.05, 0.1) is 72.4 Å². The fourth-order valence-electron chi connectivity index (χ4n) is 15.3. The largest absolute Gasteiger partial charge is 0.306 e. The molecule has 0 amide bonds. The van der Waals surface area contributed by atoms with Crippen molar-refractivity contribution in [3.63, 3.8) is 0 Å². The van der Waals surface area contributed by atoms with Gasteiger partial charge < -0.3 is 18.3 Å². The Kier molecular flexibility index (Phi) is 14.8. The van der Waals surface area contributed by atoms with E-state index in [0.29, 0.717) is 5.56 Å². The van der Waals surface area contributed by atoms with Gasteiger partial charge in [-0.15, -0.1) is 0 Å². The minimum Gasteiger partial charge on any atom is -0.306 e. The van der Waals surface area contributed by atoms with Gasteiger partial charge in [-0.25, -0.2) is 0 Å². The van der Waals surface area contributed by atoms with E-state index in [1.807, 2.05) is 12.4 Å². The molecule has 0 bridgehead atoms. The summed E-state index contributed by atoms with van der Waals surface area (Å²) in [5, 5.41) is 22.7. The second-order valence-electron chi connectivity index (χ2n) is 36.7. The van der Waals surface area contributed by atoms with Gasteiger partial charge in [-0.1, -0.05) is 215 Å². The van der Waals surface area contributed by atoms with Crippen molar-refractivity contribution in [1.82, 2.24) is 23.3 Å². The number of pyridine rings is 1. The number of hydrogen-bond donors (Lipinski definition) is 0. The standard InChI is InChI=1S/C92H100N6/c1-85(2,3)55-25-33-72-63(45-55)64-46-56(86(4,5)6)26-34-73(64)95(72)81-71(53-93)80(54-41-43-94-44-42-54)82(96-74-35-27-57(87(7,8)9)47-65(74)66-48-58(88(10,11)12)28-36-75(66)96)84(98-78-39-31-61(91(19,20)21)51-69(78)70-52-62(92(22,23)24)32-40-79(70)98)83(81)97-76-37-29-59(89(13,14)15)49-67(76)68-50-60(90(16,17)18)30-38-77(68)97/h25-52H,1-24H3. The first-order valence-corrected chi connectivity index (χ1v) is 35.6. The minimum atomic E-state index is -0.161. The zero-order chi connectivity index (χ0) is 70.4. The molecular formula is C92H100N6. The van der Waals surface area contributed by atoms with Crippen molar-refractivity contribution in [2.45, 2.75) is 209 Å². The van der Waals surface area contributed by atoms with Crippen molar-refractivity contribution < 1.29 is 0 Å². The molecule has 0 saturated heterocycles. The van der Waals surface area contributed by atoms with Crippen LogP contribution in [0.25, 0.3) is 121 Å². The van der Waals surface area contributed by atoms with Crippen LogP contribution in [0.1, 0.15) is 216 Å². The van der Waals surface area contributed by atoms with E-state index in [-0.39, 0.29) is 43.3 Å². The highest BCUT2D eigenvalue weighted by molar-refractivity contribution is 6.18. The second-order valence-corrected chi connectivity index (χ2v) is 36.7. The van der Waals surface area contributed by atoms with Crippen LogP contribution in [0.4, 0.5) is 0 Å². The first-order chi connectivity index (χ1) is 45.6. The molecule has 6 nitrogen and oxygen atoms in total. The van der Waals surface area contributed by atoms with Crippen LogP contribution in [0.2, 0.25) is 0 Å². The van der Waals surface area contributed by atoms with Crippen LogP contribution in [0, 0.1) is 11.3 Å². The number of nitrogens with zero attached hydrogens (tertiary/aromatic N) is 6. The molecule has 498 valence electrons. The maximum absolute atomic E-state index is 13.4. The van der Waals surface area contributed by atoms with Crippen molar-refractivity contribution in [2.24, 2.45) is 0 Å². The normalized spacial score (nSPS) is 13.5. The highest BCUT2D eigenvalue weighted by atomic mass is 15.1. The van der Waals surface area contributed by atoms with Crippen LogP contribution in [0.15, 0.2) is 170 Å². The van der Waals surface area contributed by atoms with E-state index in [2.05, 4.69) is 348 Å². The van der Waals surface area contributed by atoms with Gasteiger partial charge in [-0.2, -0.15) is 5.26 Å². The molecule has 0 saturated carbocycles. The summed E-state index contributed by atoms with van der Waals surface area (Å²) in [6, 6.07) is 65.0. The van der Waals surface area contributed by atoms with Crippen molar-refractivity contribution in [2.75, 3.05) is 0 Å². The topological polar surface area (TPSA) is 56.4 Å². The Hall–Kier alpha value is -9.18. The third-order valence-electron chi connectivity index (χ3n) is 21.4. The molecule has 5 aromatic heterocycles. The first-order valence-electron chi connectivity index (χ1n) is 35.6. The highest BCUT2D eigenvalue weighted by Gasteiger charge is 2.37. The predicted molar refractivity (Wildman–Crippen MR) is 421 cm³/mol. The molecule has 0 atom stereocenters. The number of fused-ring (bicyclic) bond motifs is 12. The Bertz CT molecular complexity index is 5390.